The lowest BCUT2D eigenvalue weighted by atomic mass is 10.1. The van der Waals surface area contributed by atoms with Crippen LogP contribution in [0.5, 0.6) is 0 Å². The summed E-state index contributed by atoms with van der Waals surface area (Å²) in [6, 6.07) is 1.26. The maximum absolute atomic E-state index is 11.7. The summed E-state index contributed by atoms with van der Waals surface area (Å²) in [7, 11) is 0. The first-order chi connectivity index (χ1) is 7.96. The second kappa shape index (κ2) is 4.54. The highest BCUT2D eigenvalue weighted by molar-refractivity contribution is 14.1. The number of nitrogens with zero attached hydrogens (tertiary/aromatic N) is 1. The number of H-pyrrole nitrogens is 1. The molecule has 3 atom stereocenters. The van der Waals surface area contributed by atoms with Crippen molar-refractivity contribution in [2.45, 2.75) is 31.3 Å². The van der Waals surface area contributed by atoms with Gasteiger partial charge in [0.25, 0.3) is 5.56 Å². The Morgan fingerprint density at radius 3 is 2.94 bits per heavy atom. The molecule has 1 aromatic heterocycles. The Bertz CT molecular complexity index is 526. The average Bonchev–Trinajstić information content (AvgIpc) is 2.54. The van der Waals surface area contributed by atoms with E-state index in [1.165, 1.54) is 16.8 Å². The molecule has 0 bridgehead atoms. The third kappa shape index (κ3) is 2.31. The first kappa shape index (κ1) is 12.8. The van der Waals surface area contributed by atoms with E-state index in [-0.39, 0.29) is 6.10 Å². The number of aromatic nitrogens is 2. The van der Waals surface area contributed by atoms with Gasteiger partial charge in [0.1, 0.15) is 5.72 Å². The highest BCUT2D eigenvalue weighted by Gasteiger charge is 2.43. The second-order valence-corrected chi connectivity index (χ2v) is 5.12. The third-order valence-electron chi connectivity index (χ3n) is 2.91. The number of halogens is 1. The molecular weight excluding hydrogens is 339 g/mol. The summed E-state index contributed by atoms with van der Waals surface area (Å²) in [5.41, 5.74) is -1.88. The number of ether oxygens (including phenoxy) is 1. The van der Waals surface area contributed by atoms with E-state index < -0.39 is 23.1 Å². The summed E-state index contributed by atoms with van der Waals surface area (Å²) in [4.78, 5) is 24.8. The molecule has 0 aliphatic carbocycles. The van der Waals surface area contributed by atoms with Crippen LogP contribution in [-0.2, 0) is 10.5 Å². The van der Waals surface area contributed by atoms with Gasteiger partial charge in [-0.3, -0.25) is 14.3 Å². The average molecular weight is 352 g/mol. The summed E-state index contributed by atoms with van der Waals surface area (Å²) in [6.07, 6.45) is 0.825. The van der Waals surface area contributed by atoms with E-state index in [4.69, 9.17) is 4.74 Å². The molecule has 0 spiro atoms. The van der Waals surface area contributed by atoms with E-state index in [0.717, 1.165) is 0 Å². The van der Waals surface area contributed by atoms with E-state index in [2.05, 4.69) is 27.6 Å². The first-order valence-electron chi connectivity index (χ1n) is 5.20. The Labute approximate surface area is 111 Å². The second-order valence-electron chi connectivity index (χ2n) is 4.24. The summed E-state index contributed by atoms with van der Waals surface area (Å²) < 4.78 is 7.66. The summed E-state index contributed by atoms with van der Waals surface area (Å²) in [5.74, 6) is 0. The molecular formula is C10H13IN2O4. The van der Waals surface area contributed by atoms with Gasteiger partial charge in [0.05, 0.1) is 12.2 Å². The van der Waals surface area contributed by atoms with E-state index in [1.54, 1.807) is 6.92 Å². The molecule has 0 saturated carbocycles. The van der Waals surface area contributed by atoms with Crippen molar-refractivity contribution in [1.82, 2.24) is 9.55 Å². The molecule has 1 aliphatic heterocycles. The quantitative estimate of drug-likeness (QED) is 0.570. The topological polar surface area (TPSA) is 84.3 Å². The van der Waals surface area contributed by atoms with Gasteiger partial charge in [0.2, 0.25) is 0 Å². The van der Waals surface area contributed by atoms with E-state index in [1.807, 2.05) is 0 Å². The van der Waals surface area contributed by atoms with Gasteiger partial charge in [-0.2, -0.15) is 0 Å². The molecule has 2 heterocycles. The number of aliphatic hydroxyl groups excluding tert-OH is 1. The smallest absolute Gasteiger partial charge is 0.330 e. The molecule has 1 aliphatic rings. The standard InChI is InChI=1S/C10H13IN2O4/c1-10(4-6(14)7(5-11)17-10)13-3-2-8(15)12-9(13)16/h2-3,6-7,14H,4-5H2,1H3,(H,12,15,16)/t6-,7+,10?/m0/s1. The SMILES string of the molecule is CC1(n2ccc(=O)[nH]c2=O)C[C@H](O)[C@@H](CI)O1. The van der Waals surface area contributed by atoms with E-state index >= 15 is 0 Å². The van der Waals surface area contributed by atoms with E-state index in [0.29, 0.717) is 10.8 Å². The number of alkyl halides is 1. The van der Waals surface area contributed by atoms with Gasteiger partial charge in [0, 0.05) is 23.1 Å². The van der Waals surface area contributed by atoms with Crippen molar-refractivity contribution in [2.75, 3.05) is 4.43 Å². The molecule has 1 fully saturated rings. The van der Waals surface area contributed by atoms with Gasteiger partial charge in [0.15, 0.2) is 0 Å². The van der Waals surface area contributed by atoms with Crippen LogP contribution in [0, 0.1) is 0 Å². The zero-order valence-corrected chi connectivity index (χ0v) is 11.4. The fourth-order valence-electron chi connectivity index (χ4n) is 2.05. The van der Waals surface area contributed by atoms with Crippen LogP contribution < -0.4 is 11.2 Å². The minimum Gasteiger partial charge on any atom is -0.390 e. The first-order valence-corrected chi connectivity index (χ1v) is 6.73. The van der Waals surface area contributed by atoms with Gasteiger partial charge >= 0.3 is 5.69 Å². The Morgan fingerprint density at radius 1 is 1.71 bits per heavy atom. The predicted octanol–water partition coefficient (Wildman–Crippen LogP) is -0.206. The fourth-order valence-corrected chi connectivity index (χ4v) is 2.82. The highest BCUT2D eigenvalue weighted by atomic mass is 127. The normalized spacial score (nSPS) is 32.9. The van der Waals surface area contributed by atoms with Crippen molar-refractivity contribution in [1.29, 1.82) is 0 Å². The maximum atomic E-state index is 11.7. The number of hydrogen-bond acceptors (Lipinski definition) is 4. The van der Waals surface area contributed by atoms with Crippen LogP contribution in [0.4, 0.5) is 0 Å². The van der Waals surface area contributed by atoms with Crippen molar-refractivity contribution in [3.8, 4) is 0 Å². The summed E-state index contributed by atoms with van der Waals surface area (Å²) in [6.45, 7) is 1.72. The molecule has 1 aromatic rings. The van der Waals surface area contributed by atoms with Gasteiger partial charge in [-0.05, 0) is 6.92 Å². The lowest BCUT2D eigenvalue weighted by Crippen LogP contribution is -2.42. The number of aliphatic hydroxyl groups is 1. The Balaban J connectivity index is 2.40. The minimum atomic E-state index is -0.906. The molecule has 2 N–H and O–H groups in total. The molecule has 94 valence electrons. The number of aromatic amines is 1. The Hall–Kier alpha value is -0.670. The lowest BCUT2D eigenvalue weighted by molar-refractivity contribution is -0.0837. The monoisotopic (exact) mass is 352 g/mol. The molecule has 1 saturated heterocycles. The van der Waals surface area contributed by atoms with E-state index in [9.17, 15) is 14.7 Å². The van der Waals surface area contributed by atoms with Crippen LogP contribution in [0.2, 0.25) is 0 Å². The van der Waals surface area contributed by atoms with Crippen molar-refractivity contribution in [3.63, 3.8) is 0 Å². The van der Waals surface area contributed by atoms with Crippen LogP contribution in [0.15, 0.2) is 21.9 Å². The molecule has 17 heavy (non-hydrogen) atoms. The van der Waals surface area contributed by atoms with Crippen LogP contribution >= 0.6 is 22.6 Å². The van der Waals surface area contributed by atoms with Gasteiger partial charge < -0.3 is 9.84 Å². The molecule has 0 radical (unpaired) electrons. The van der Waals surface area contributed by atoms with Crippen LogP contribution in [0.25, 0.3) is 0 Å². The molecule has 7 heteroatoms. The van der Waals surface area contributed by atoms with Crippen LogP contribution in [0.1, 0.15) is 13.3 Å². The number of hydrogen-bond donors (Lipinski definition) is 2. The van der Waals surface area contributed by atoms with Crippen molar-refractivity contribution in [3.05, 3.63) is 33.1 Å². The van der Waals surface area contributed by atoms with Gasteiger partial charge in [-0.25, -0.2) is 4.79 Å². The fraction of sp³-hybridized carbons (Fsp3) is 0.600. The Morgan fingerprint density at radius 2 is 2.41 bits per heavy atom. The van der Waals surface area contributed by atoms with Crippen molar-refractivity contribution < 1.29 is 9.84 Å². The zero-order chi connectivity index (χ0) is 12.6. The molecule has 2 rings (SSSR count). The third-order valence-corrected chi connectivity index (χ3v) is 3.78. The molecule has 0 aromatic carbocycles. The minimum absolute atomic E-state index is 0.292. The summed E-state index contributed by atoms with van der Waals surface area (Å²) >= 11 is 2.12. The molecule has 6 nitrogen and oxygen atoms in total. The largest absolute Gasteiger partial charge is 0.390 e. The highest BCUT2D eigenvalue weighted by Crippen LogP contribution is 2.34. The molecule has 0 amide bonds. The number of nitrogens with one attached hydrogen (secondary N) is 1. The van der Waals surface area contributed by atoms with Crippen LogP contribution in [0.3, 0.4) is 0 Å². The molecule has 1 unspecified atom stereocenters. The predicted molar refractivity (Wildman–Crippen MR) is 69.4 cm³/mol. The van der Waals surface area contributed by atoms with Crippen LogP contribution in [-0.4, -0.2) is 31.3 Å². The van der Waals surface area contributed by atoms with Gasteiger partial charge in [-0.15, -0.1) is 0 Å². The van der Waals surface area contributed by atoms with Gasteiger partial charge in [-0.1, -0.05) is 22.6 Å². The number of rotatable bonds is 2. The zero-order valence-electron chi connectivity index (χ0n) is 9.22. The van der Waals surface area contributed by atoms with Crippen molar-refractivity contribution in [2.24, 2.45) is 0 Å². The Kier molecular flexibility index (Phi) is 3.41. The summed E-state index contributed by atoms with van der Waals surface area (Å²) in [5, 5.41) is 9.81. The lowest BCUT2D eigenvalue weighted by Gasteiger charge is -2.26. The maximum Gasteiger partial charge on any atom is 0.330 e. The van der Waals surface area contributed by atoms with Crippen molar-refractivity contribution >= 4 is 22.6 Å².